The Kier molecular flexibility index (Phi) is 8.83. The van der Waals surface area contributed by atoms with E-state index in [0.29, 0.717) is 17.6 Å². The maximum atomic E-state index is 6.41. The van der Waals surface area contributed by atoms with Crippen LogP contribution in [0.3, 0.4) is 0 Å². The molecule has 0 bridgehead atoms. The molecule has 0 atom stereocenters. The van der Waals surface area contributed by atoms with E-state index in [-0.39, 0.29) is 0 Å². The number of fused-ring (bicyclic) bond motifs is 14. The van der Waals surface area contributed by atoms with Gasteiger partial charge in [-0.2, -0.15) is 9.97 Å². The number of rotatable bonds is 4. The lowest BCUT2D eigenvalue weighted by molar-refractivity contribution is 0.669. The summed E-state index contributed by atoms with van der Waals surface area (Å²) >= 11 is 1.86. The van der Waals surface area contributed by atoms with E-state index in [2.05, 4.69) is 194 Å². The zero-order chi connectivity index (χ0) is 43.9. The van der Waals surface area contributed by atoms with Crippen molar-refractivity contribution in [1.29, 1.82) is 0 Å². The van der Waals surface area contributed by atoms with Gasteiger partial charge >= 0.3 is 0 Å². The van der Waals surface area contributed by atoms with E-state index in [1.54, 1.807) is 0 Å². The van der Waals surface area contributed by atoms with Crippen LogP contribution < -0.4 is 0 Å². The minimum Gasteiger partial charge on any atom is -0.456 e. The van der Waals surface area contributed by atoms with Crippen LogP contribution in [-0.4, -0.2) is 19.5 Å². The highest BCUT2D eigenvalue weighted by molar-refractivity contribution is 7.26. The fraction of sp³-hybridized carbons (Fsp3) is 0.0500. The van der Waals surface area contributed by atoms with Gasteiger partial charge in [0.25, 0.3) is 0 Å². The molecule has 0 aliphatic rings. The van der Waals surface area contributed by atoms with Gasteiger partial charge in [-0.3, -0.25) is 4.57 Å². The zero-order valence-electron chi connectivity index (χ0n) is 36.3. The van der Waals surface area contributed by atoms with Gasteiger partial charge in [0.1, 0.15) is 11.2 Å². The molecule has 0 saturated carbocycles. The molecule has 312 valence electrons. The van der Waals surface area contributed by atoms with Crippen molar-refractivity contribution in [3.05, 3.63) is 194 Å². The number of benzene rings is 10. The SMILES string of the molecule is CCC.c1ccc2cc(-c3nc(-c4ccc5c(c4)oc4ccccc45)nc(-n4c5c(-c6cccc7c6sc6ccc8ccccc8c67)cccc5c5ccc6ccccc6c54)n3)ccc2c1. The fourth-order valence-electron chi connectivity index (χ4n) is 9.94. The molecule has 0 fully saturated rings. The molecule has 4 heterocycles. The van der Waals surface area contributed by atoms with Gasteiger partial charge in [0.05, 0.1) is 11.0 Å². The predicted molar refractivity (Wildman–Crippen MR) is 279 cm³/mol. The summed E-state index contributed by atoms with van der Waals surface area (Å²) < 4.78 is 11.2. The lowest BCUT2D eigenvalue weighted by Gasteiger charge is -2.14. The third-order valence-electron chi connectivity index (χ3n) is 12.8. The maximum absolute atomic E-state index is 6.41. The predicted octanol–water partition coefficient (Wildman–Crippen LogP) is 17.1. The van der Waals surface area contributed by atoms with E-state index >= 15 is 0 Å². The Morgan fingerprint density at radius 2 is 0.985 bits per heavy atom. The van der Waals surface area contributed by atoms with Crippen LogP contribution in [0.15, 0.2) is 199 Å². The molecule has 5 nitrogen and oxygen atoms in total. The smallest absolute Gasteiger partial charge is 0.238 e. The van der Waals surface area contributed by atoms with E-state index < -0.39 is 0 Å². The van der Waals surface area contributed by atoms with Crippen molar-refractivity contribution in [2.24, 2.45) is 0 Å². The number of para-hydroxylation sites is 2. The molecular formula is C60H40N4OS. The van der Waals surface area contributed by atoms with E-state index in [4.69, 9.17) is 19.4 Å². The molecule has 0 unspecified atom stereocenters. The molecule has 0 saturated heterocycles. The average molecular weight is 865 g/mol. The lowest BCUT2D eigenvalue weighted by atomic mass is 9.98. The highest BCUT2D eigenvalue weighted by Gasteiger charge is 2.24. The average Bonchev–Trinajstić information content (AvgIpc) is 4.06. The molecule has 66 heavy (non-hydrogen) atoms. The van der Waals surface area contributed by atoms with Gasteiger partial charge in [-0.15, -0.1) is 11.3 Å². The molecule has 0 aliphatic carbocycles. The first kappa shape index (κ1) is 38.3. The lowest BCUT2D eigenvalue weighted by Crippen LogP contribution is -2.07. The first-order valence-electron chi connectivity index (χ1n) is 22.6. The number of aromatic nitrogens is 4. The molecular weight excluding hydrogens is 825 g/mol. The second-order valence-electron chi connectivity index (χ2n) is 17.0. The van der Waals surface area contributed by atoms with Gasteiger partial charge in [0, 0.05) is 69.4 Å². The summed E-state index contributed by atoms with van der Waals surface area (Å²) in [6.07, 6.45) is 1.25. The van der Waals surface area contributed by atoms with Crippen molar-refractivity contribution in [3.8, 4) is 39.9 Å². The molecule has 10 aromatic carbocycles. The van der Waals surface area contributed by atoms with E-state index in [9.17, 15) is 0 Å². The second-order valence-corrected chi connectivity index (χ2v) is 18.1. The zero-order valence-corrected chi connectivity index (χ0v) is 37.1. The van der Waals surface area contributed by atoms with Gasteiger partial charge in [-0.25, -0.2) is 4.98 Å². The van der Waals surface area contributed by atoms with Crippen molar-refractivity contribution < 1.29 is 4.42 Å². The van der Waals surface area contributed by atoms with Crippen molar-refractivity contribution in [3.63, 3.8) is 0 Å². The highest BCUT2D eigenvalue weighted by Crippen LogP contribution is 2.47. The van der Waals surface area contributed by atoms with Crippen LogP contribution in [0.1, 0.15) is 20.3 Å². The van der Waals surface area contributed by atoms with Crippen LogP contribution in [0, 0.1) is 0 Å². The van der Waals surface area contributed by atoms with Crippen LogP contribution in [0.2, 0.25) is 0 Å². The summed E-state index contributed by atoms with van der Waals surface area (Å²) in [5.74, 6) is 1.71. The summed E-state index contributed by atoms with van der Waals surface area (Å²) in [4.78, 5) is 16.2. The van der Waals surface area contributed by atoms with Crippen LogP contribution in [0.5, 0.6) is 0 Å². The number of hydrogen-bond donors (Lipinski definition) is 0. The van der Waals surface area contributed by atoms with Gasteiger partial charge in [0.2, 0.25) is 5.95 Å². The number of nitrogens with zero attached hydrogens (tertiary/aromatic N) is 4. The van der Waals surface area contributed by atoms with Crippen LogP contribution in [-0.2, 0) is 0 Å². The summed E-state index contributed by atoms with van der Waals surface area (Å²) in [6.45, 7) is 4.25. The topological polar surface area (TPSA) is 56.7 Å². The van der Waals surface area contributed by atoms with Crippen LogP contribution in [0.25, 0.3) is 136 Å². The summed E-state index contributed by atoms with van der Waals surface area (Å²) in [6, 6.07) is 69.1. The first-order valence-corrected chi connectivity index (χ1v) is 23.4. The Balaban J connectivity index is 0.00000141. The summed E-state index contributed by atoms with van der Waals surface area (Å²) in [5.41, 5.74) is 7.80. The van der Waals surface area contributed by atoms with Crippen molar-refractivity contribution in [2.75, 3.05) is 0 Å². The third kappa shape index (κ3) is 5.95. The van der Waals surface area contributed by atoms with E-state index in [1.165, 1.54) is 42.9 Å². The fourth-order valence-corrected chi connectivity index (χ4v) is 11.2. The molecule has 0 amide bonds. The summed E-state index contributed by atoms with van der Waals surface area (Å²) in [7, 11) is 0. The maximum Gasteiger partial charge on any atom is 0.238 e. The van der Waals surface area contributed by atoms with Gasteiger partial charge in [-0.05, 0) is 57.3 Å². The van der Waals surface area contributed by atoms with Crippen molar-refractivity contribution in [1.82, 2.24) is 19.5 Å². The molecule has 4 aromatic heterocycles. The normalized spacial score (nSPS) is 11.8. The molecule has 14 aromatic rings. The van der Waals surface area contributed by atoms with Gasteiger partial charge in [0.15, 0.2) is 11.6 Å². The molecule has 0 radical (unpaired) electrons. The number of hydrogen-bond acceptors (Lipinski definition) is 5. The Bertz CT molecular complexity index is 4250. The molecule has 0 spiro atoms. The first-order chi connectivity index (χ1) is 32.6. The molecule has 0 aliphatic heterocycles. The molecule has 0 N–H and O–H groups in total. The van der Waals surface area contributed by atoms with Crippen LogP contribution >= 0.6 is 11.3 Å². The monoisotopic (exact) mass is 864 g/mol. The Morgan fingerprint density at radius 3 is 1.80 bits per heavy atom. The Labute approximate surface area is 383 Å². The Hall–Kier alpha value is -8.19. The minimum absolute atomic E-state index is 0.547. The Morgan fingerprint density at radius 1 is 0.424 bits per heavy atom. The second kappa shape index (κ2) is 15.2. The standard InChI is InChI=1S/C57H32N4OS.C3H8/c1-2-14-36-31-37(24-23-33(36)11-1)55-58-56(38-26-28-42-41-17-7-8-22-48(41)62-49(42)32-38)60-57(59-55)61-52-40-16-6-4-13-35(40)25-29-45(52)43-18-9-19-44(53(43)61)46-20-10-21-47-51-39-15-5-3-12-34(39)27-30-50(51)63-54(46)47;1-3-2/h1-32H;3H2,1-2H3. The molecule has 6 heteroatoms. The van der Waals surface area contributed by atoms with E-state index in [1.807, 2.05) is 29.5 Å². The van der Waals surface area contributed by atoms with Crippen molar-refractivity contribution in [2.45, 2.75) is 20.3 Å². The quantitative estimate of drug-likeness (QED) is 0.177. The summed E-state index contributed by atoms with van der Waals surface area (Å²) in [5, 5.41) is 14.0. The minimum atomic E-state index is 0.547. The van der Waals surface area contributed by atoms with E-state index in [0.717, 1.165) is 82.0 Å². The molecule has 14 rings (SSSR count). The third-order valence-corrected chi connectivity index (χ3v) is 14.0. The number of furan rings is 1. The van der Waals surface area contributed by atoms with Crippen LogP contribution in [0.4, 0.5) is 0 Å². The van der Waals surface area contributed by atoms with Gasteiger partial charge < -0.3 is 4.42 Å². The largest absolute Gasteiger partial charge is 0.456 e. The number of thiophene rings is 1. The van der Waals surface area contributed by atoms with Crippen molar-refractivity contribution >= 4 is 108 Å². The highest BCUT2D eigenvalue weighted by atomic mass is 32.1. The van der Waals surface area contributed by atoms with Gasteiger partial charge in [-0.1, -0.05) is 184 Å².